The highest BCUT2D eigenvalue weighted by Gasteiger charge is 2.13. The van der Waals surface area contributed by atoms with Crippen molar-refractivity contribution in [3.63, 3.8) is 0 Å². The average Bonchev–Trinajstić information content (AvgIpc) is 3.27. The van der Waals surface area contributed by atoms with Crippen molar-refractivity contribution < 1.29 is 4.42 Å². The first-order valence-electron chi connectivity index (χ1n) is 7.80. The van der Waals surface area contributed by atoms with Gasteiger partial charge in [0.25, 0.3) is 0 Å². The minimum Gasteiger partial charge on any atom is -0.468 e. The van der Waals surface area contributed by atoms with Crippen LogP contribution in [-0.4, -0.2) is 24.5 Å². The van der Waals surface area contributed by atoms with Crippen LogP contribution >= 0.6 is 0 Å². The lowest BCUT2D eigenvalue weighted by molar-refractivity contribution is 0.225. The SMILES string of the molecule is c1ccc(CN(Cc2ccco2)Cc2nccn3cnnc23)cc1. The van der Waals surface area contributed by atoms with E-state index >= 15 is 0 Å². The molecule has 0 aliphatic heterocycles. The second-order valence-electron chi connectivity index (χ2n) is 5.65. The van der Waals surface area contributed by atoms with Crippen LogP contribution in [0.15, 0.2) is 71.9 Å². The lowest BCUT2D eigenvalue weighted by atomic mass is 10.2. The summed E-state index contributed by atoms with van der Waals surface area (Å²) >= 11 is 0. The van der Waals surface area contributed by atoms with E-state index in [-0.39, 0.29) is 0 Å². The summed E-state index contributed by atoms with van der Waals surface area (Å²) in [7, 11) is 0. The third kappa shape index (κ3) is 3.18. The van der Waals surface area contributed by atoms with Crippen molar-refractivity contribution >= 4 is 5.65 Å². The van der Waals surface area contributed by atoms with Crippen LogP contribution < -0.4 is 0 Å². The van der Waals surface area contributed by atoms with Crippen molar-refractivity contribution in [1.29, 1.82) is 0 Å². The number of rotatable bonds is 6. The maximum atomic E-state index is 5.52. The summed E-state index contributed by atoms with van der Waals surface area (Å²) in [4.78, 5) is 6.78. The van der Waals surface area contributed by atoms with Gasteiger partial charge in [0, 0.05) is 25.5 Å². The van der Waals surface area contributed by atoms with Crippen molar-refractivity contribution in [2.45, 2.75) is 19.6 Å². The molecule has 0 bridgehead atoms. The molecule has 120 valence electrons. The highest BCUT2D eigenvalue weighted by molar-refractivity contribution is 5.41. The molecule has 0 radical (unpaired) electrons. The van der Waals surface area contributed by atoms with Crippen LogP contribution in [0.1, 0.15) is 17.0 Å². The molecule has 4 aromatic rings. The molecule has 6 nitrogen and oxygen atoms in total. The molecule has 4 rings (SSSR count). The molecule has 0 N–H and O–H groups in total. The maximum Gasteiger partial charge on any atom is 0.183 e. The van der Waals surface area contributed by atoms with Crippen LogP contribution in [-0.2, 0) is 19.6 Å². The van der Waals surface area contributed by atoms with Crippen LogP contribution in [0, 0.1) is 0 Å². The van der Waals surface area contributed by atoms with Gasteiger partial charge in [-0.15, -0.1) is 10.2 Å². The summed E-state index contributed by atoms with van der Waals surface area (Å²) < 4.78 is 7.40. The van der Waals surface area contributed by atoms with Crippen LogP contribution in [0.25, 0.3) is 5.65 Å². The van der Waals surface area contributed by atoms with Gasteiger partial charge in [-0.1, -0.05) is 30.3 Å². The zero-order valence-corrected chi connectivity index (χ0v) is 13.1. The molecule has 24 heavy (non-hydrogen) atoms. The largest absolute Gasteiger partial charge is 0.468 e. The van der Waals surface area contributed by atoms with Gasteiger partial charge in [0.05, 0.1) is 18.5 Å². The minimum absolute atomic E-state index is 0.665. The predicted molar refractivity (Wildman–Crippen MR) is 88.9 cm³/mol. The highest BCUT2D eigenvalue weighted by Crippen LogP contribution is 2.15. The molecule has 6 heteroatoms. The number of aromatic nitrogens is 4. The summed E-state index contributed by atoms with van der Waals surface area (Å²) in [6, 6.07) is 14.3. The average molecular weight is 319 g/mol. The van der Waals surface area contributed by atoms with Gasteiger partial charge in [0.1, 0.15) is 12.1 Å². The molecule has 0 atom stereocenters. The Balaban J connectivity index is 1.60. The van der Waals surface area contributed by atoms with Crippen LogP contribution in [0.2, 0.25) is 0 Å². The number of fused-ring (bicyclic) bond motifs is 1. The van der Waals surface area contributed by atoms with E-state index in [4.69, 9.17) is 4.42 Å². The number of benzene rings is 1. The fourth-order valence-electron chi connectivity index (χ4n) is 2.77. The summed E-state index contributed by atoms with van der Waals surface area (Å²) in [6.45, 7) is 2.18. The molecule has 0 aliphatic carbocycles. The second kappa shape index (κ2) is 6.64. The number of hydrogen-bond donors (Lipinski definition) is 0. The van der Waals surface area contributed by atoms with E-state index in [1.54, 1.807) is 18.8 Å². The van der Waals surface area contributed by atoms with Crippen LogP contribution in [0.5, 0.6) is 0 Å². The monoisotopic (exact) mass is 319 g/mol. The molecule has 0 unspecified atom stereocenters. The van der Waals surface area contributed by atoms with Gasteiger partial charge in [0.2, 0.25) is 0 Å². The van der Waals surface area contributed by atoms with Crippen molar-refractivity contribution in [2.24, 2.45) is 0 Å². The van der Waals surface area contributed by atoms with E-state index < -0.39 is 0 Å². The lowest BCUT2D eigenvalue weighted by Gasteiger charge is -2.21. The second-order valence-corrected chi connectivity index (χ2v) is 5.65. The van der Waals surface area contributed by atoms with Gasteiger partial charge in [-0.25, -0.2) is 0 Å². The van der Waals surface area contributed by atoms with E-state index in [1.807, 2.05) is 28.8 Å². The van der Waals surface area contributed by atoms with E-state index in [1.165, 1.54) is 5.56 Å². The Morgan fingerprint density at radius 2 is 1.92 bits per heavy atom. The van der Waals surface area contributed by atoms with E-state index in [2.05, 4.69) is 44.3 Å². The molecule has 1 aromatic carbocycles. The molecular formula is C18H17N5O. The summed E-state index contributed by atoms with van der Waals surface area (Å²) in [5.74, 6) is 0.930. The topological polar surface area (TPSA) is 59.5 Å². The molecule has 0 saturated heterocycles. The van der Waals surface area contributed by atoms with Crippen molar-refractivity contribution in [3.05, 3.63) is 84.5 Å². The Bertz CT molecular complexity index is 901. The van der Waals surface area contributed by atoms with Crippen molar-refractivity contribution in [1.82, 2.24) is 24.5 Å². The zero-order valence-electron chi connectivity index (χ0n) is 13.1. The number of furan rings is 1. The fourth-order valence-corrected chi connectivity index (χ4v) is 2.77. The maximum absolute atomic E-state index is 5.52. The zero-order chi connectivity index (χ0) is 16.2. The van der Waals surface area contributed by atoms with E-state index in [9.17, 15) is 0 Å². The molecule has 3 aromatic heterocycles. The molecule has 0 aliphatic rings. The summed E-state index contributed by atoms with van der Waals surface area (Å²) in [6.07, 6.45) is 7.02. The third-order valence-electron chi connectivity index (χ3n) is 3.87. The first-order valence-corrected chi connectivity index (χ1v) is 7.80. The Morgan fingerprint density at radius 1 is 1.00 bits per heavy atom. The van der Waals surface area contributed by atoms with E-state index in [0.717, 1.165) is 23.6 Å². The Hall–Kier alpha value is -2.99. The van der Waals surface area contributed by atoms with Crippen molar-refractivity contribution in [2.75, 3.05) is 0 Å². The fraction of sp³-hybridized carbons (Fsp3) is 0.167. The van der Waals surface area contributed by atoms with Crippen LogP contribution in [0.4, 0.5) is 0 Å². The Labute approximate surface area is 139 Å². The van der Waals surface area contributed by atoms with Gasteiger partial charge in [-0.2, -0.15) is 0 Å². The molecule has 0 spiro atoms. The van der Waals surface area contributed by atoms with Gasteiger partial charge in [0.15, 0.2) is 5.65 Å². The first kappa shape index (κ1) is 14.6. The molecule has 0 fully saturated rings. The van der Waals surface area contributed by atoms with Gasteiger partial charge < -0.3 is 4.42 Å². The third-order valence-corrected chi connectivity index (χ3v) is 3.87. The van der Waals surface area contributed by atoms with Crippen LogP contribution in [0.3, 0.4) is 0 Å². The molecule has 0 amide bonds. The number of nitrogens with zero attached hydrogens (tertiary/aromatic N) is 5. The Kier molecular flexibility index (Phi) is 4.04. The normalized spacial score (nSPS) is 11.4. The summed E-state index contributed by atoms with van der Waals surface area (Å²) in [5, 5.41) is 8.14. The van der Waals surface area contributed by atoms with Gasteiger partial charge in [-0.3, -0.25) is 14.3 Å². The molecular weight excluding hydrogens is 302 g/mol. The highest BCUT2D eigenvalue weighted by atomic mass is 16.3. The molecule has 0 saturated carbocycles. The quantitative estimate of drug-likeness (QED) is 0.547. The standard InChI is InChI=1S/C18H17N5O/c1-2-5-15(6-3-1)11-22(12-16-7-4-10-24-16)13-17-18-21-20-14-23(18)9-8-19-17/h1-10,14H,11-13H2. The molecule has 3 heterocycles. The summed E-state index contributed by atoms with van der Waals surface area (Å²) in [5.41, 5.74) is 2.94. The first-order chi connectivity index (χ1) is 11.9. The number of hydrogen-bond acceptors (Lipinski definition) is 5. The smallest absolute Gasteiger partial charge is 0.183 e. The van der Waals surface area contributed by atoms with Gasteiger partial charge >= 0.3 is 0 Å². The Morgan fingerprint density at radius 3 is 2.75 bits per heavy atom. The van der Waals surface area contributed by atoms with Crippen molar-refractivity contribution in [3.8, 4) is 0 Å². The van der Waals surface area contributed by atoms with Gasteiger partial charge in [-0.05, 0) is 17.7 Å². The minimum atomic E-state index is 0.665. The predicted octanol–water partition coefficient (Wildman–Crippen LogP) is 2.92. The van der Waals surface area contributed by atoms with E-state index in [0.29, 0.717) is 13.1 Å². The lowest BCUT2D eigenvalue weighted by Crippen LogP contribution is -2.23.